The molecule has 1 aromatic heterocycles. The van der Waals surface area contributed by atoms with Crippen molar-refractivity contribution >= 4 is 34.6 Å². The van der Waals surface area contributed by atoms with Crippen molar-refractivity contribution in [2.24, 2.45) is 0 Å². The highest BCUT2D eigenvalue weighted by molar-refractivity contribution is 6.31. The third-order valence-corrected chi connectivity index (χ3v) is 3.73. The Balaban J connectivity index is 2.54. The predicted octanol–water partition coefficient (Wildman–Crippen LogP) is 3.12. The number of rotatable bonds is 5. The maximum Gasteiger partial charge on any atom is 0.260 e. The average molecular weight is 352 g/mol. The molecule has 0 amide bonds. The molecule has 0 saturated heterocycles. The lowest BCUT2D eigenvalue weighted by Gasteiger charge is -2.10. The summed E-state index contributed by atoms with van der Waals surface area (Å²) in [5, 5.41) is 16.8. The second-order valence-electron chi connectivity index (χ2n) is 5.37. The van der Waals surface area contributed by atoms with Crippen LogP contribution in [0.15, 0.2) is 60.4 Å². The molecule has 1 heterocycles. The Labute approximate surface area is 151 Å². The molecule has 0 bridgehead atoms. The molecular formula is C19H16ClN4O+. The van der Waals surface area contributed by atoms with E-state index in [4.69, 9.17) is 22.3 Å². The molecule has 25 heavy (non-hydrogen) atoms. The minimum absolute atomic E-state index is 0.0403. The first-order valence-corrected chi connectivity index (χ1v) is 7.75. The highest BCUT2D eigenvalue weighted by Gasteiger charge is 2.22. The van der Waals surface area contributed by atoms with E-state index in [1.807, 2.05) is 43.1 Å². The van der Waals surface area contributed by atoms with Gasteiger partial charge in [0.05, 0.1) is 0 Å². The second kappa shape index (κ2) is 8.07. The van der Waals surface area contributed by atoms with E-state index < -0.39 is 0 Å². The van der Waals surface area contributed by atoms with Crippen molar-refractivity contribution < 1.29 is 9.36 Å². The molecule has 2 aromatic rings. The number of hydrogen-bond acceptors (Lipinski definition) is 4. The SMILES string of the molecule is CN(C)c1cc[n+](/C(=C\C(=C=N)C#N)C(=O)c2ccc(Cl)cc2)cc1. The number of nitrogens with one attached hydrogen (secondary N) is 1. The first-order chi connectivity index (χ1) is 12.0. The van der Waals surface area contributed by atoms with E-state index in [0.717, 1.165) is 5.69 Å². The molecule has 0 radical (unpaired) electrons. The molecule has 0 spiro atoms. The van der Waals surface area contributed by atoms with E-state index in [0.29, 0.717) is 10.6 Å². The normalized spacial score (nSPS) is 10.6. The van der Waals surface area contributed by atoms with Gasteiger partial charge in [0, 0.05) is 48.6 Å². The van der Waals surface area contributed by atoms with Gasteiger partial charge in [0.25, 0.3) is 11.5 Å². The molecule has 0 aliphatic rings. The number of nitrogens with zero attached hydrogens (tertiary/aromatic N) is 3. The summed E-state index contributed by atoms with van der Waals surface area (Å²) < 4.78 is 1.61. The Kier molecular flexibility index (Phi) is 5.86. The molecular weight excluding hydrogens is 336 g/mol. The number of carbonyl (C=O) groups excluding carboxylic acids is 1. The topological polar surface area (TPSA) is 71.8 Å². The largest absolute Gasteiger partial charge is 0.377 e. The summed E-state index contributed by atoms with van der Waals surface area (Å²) in [6, 6.07) is 12.0. The van der Waals surface area contributed by atoms with Crippen molar-refractivity contribution in [2.75, 3.05) is 19.0 Å². The molecule has 124 valence electrons. The van der Waals surface area contributed by atoms with E-state index in [1.54, 1.807) is 41.2 Å². The summed E-state index contributed by atoms with van der Waals surface area (Å²) in [7, 11) is 3.84. The Hall–Kier alpha value is -3.19. The molecule has 0 aliphatic carbocycles. The summed E-state index contributed by atoms with van der Waals surface area (Å²) in [6.07, 6.45) is 4.81. The van der Waals surface area contributed by atoms with Gasteiger partial charge < -0.3 is 4.90 Å². The molecule has 1 N–H and O–H groups in total. The highest BCUT2D eigenvalue weighted by Crippen LogP contribution is 2.15. The van der Waals surface area contributed by atoms with E-state index in [9.17, 15) is 4.79 Å². The van der Waals surface area contributed by atoms with Gasteiger partial charge in [-0.3, -0.25) is 10.2 Å². The van der Waals surface area contributed by atoms with Crippen LogP contribution in [0.25, 0.3) is 5.70 Å². The Bertz CT molecular complexity index is 900. The lowest BCUT2D eigenvalue weighted by molar-refractivity contribution is -0.576. The van der Waals surface area contributed by atoms with E-state index >= 15 is 0 Å². The standard InChI is InChI=1S/C19H16ClN4O/c1-23(2)17-7-9-24(10-8-17)18(11-14(12-21)13-22)19(25)15-3-5-16(20)6-4-15/h3-11,21H,1-2H3/q+1/b18-11-. The third kappa shape index (κ3) is 4.42. The zero-order chi connectivity index (χ0) is 18.4. The number of Topliss-reactive ketones (excluding diaryl/α,β-unsaturated/α-hetero) is 1. The number of hydrogen-bond donors (Lipinski definition) is 1. The number of aromatic nitrogens is 1. The molecule has 0 aliphatic heterocycles. The van der Waals surface area contributed by atoms with Crippen LogP contribution in [0.4, 0.5) is 5.69 Å². The molecule has 0 atom stereocenters. The first-order valence-electron chi connectivity index (χ1n) is 7.37. The fourth-order valence-corrected chi connectivity index (χ4v) is 2.24. The number of nitriles is 1. The molecule has 0 saturated carbocycles. The van der Waals surface area contributed by atoms with Gasteiger partial charge in [0.15, 0.2) is 12.4 Å². The predicted molar refractivity (Wildman–Crippen MR) is 97.9 cm³/mol. The molecule has 0 fully saturated rings. The van der Waals surface area contributed by atoms with Crippen molar-refractivity contribution in [1.82, 2.24) is 0 Å². The molecule has 5 nitrogen and oxygen atoms in total. The maximum absolute atomic E-state index is 12.9. The summed E-state index contributed by atoms with van der Waals surface area (Å²) in [6.45, 7) is 0. The van der Waals surface area contributed by atoms with Gasteiger partial charge >= 0.3 is 0 Å². The van der Waals surface area contributed by atoms with Crippen LogP contribution in [-0.2, 0) is 0 Å². The number of carbonyl (C=O) groups is 1. The van der Waals surface area contributed by atoms with Crippen LogP contribution >= 0.6 is 11.6 Å². The molecule has 0 unspecified atom stereocenters. The van der Waals surface area contributed by atoms with E-state index in [1.165, 1.54) is 6.08 Å². The third-order valence-electron chi connectivity index (χ3n) is 3.48. The number of ketones is 1. The van der Waals surface area contributed by atoms with E-state index in [-0.39, 0.29) is 17.1 Å². The second-order valence-corrected chi connectivity index (χ2v) is 5.81. The quantitative estimate of drug-likeness (QED) is 0.225. The summed E-state index contributed by atoms with van der Waals surface area (Å²) >= 11 is 5.87. The van der Waals surface area contributed by atoms with Crippen molar-refractivity contribution in [3.8, 4) is 6.07 Å². The van der Waals surface area contributed by atoms with Crippen molar-refractivity contribution in [1.29, 1.82) is 10.7 Å². The minimum atomic E-state index is -0.290. The molecule has 1 aromatic carbocycles. The van der Waals surface area contributed by atoms with Crippen molar-refractivity contribution in [2.45, 2.75) is 0 Å². The average Bonchev–Trinajstić information content (AvgIpc) is 2.63. The summed E-state index contributed by atoms with van der Waals surface area (Å²) in [4.78, 5) is 14.8. The Morgan fingerprint density at radius 2 is 1.80 bits per heavy atom. The zero-order valence-electron chi connectivity index (χ0n) is 13.8. The van der Waals surface area contributed by atoms with Crippen LogP contribution in [0.3, 0.4) is 0 Å². The van der Waals surface area contributed by atoms with Crippen molar-refractivity contribution in [3.63, 3.8) is 0 Å². The smallest absolute Gasteiger partial charge is 0.260 e. The number of anilines is 1. The van der Waals surface area contributed by atoms with Gasteiger partial charge in [-0.05, 0) is 30.1 Å². The van der Waals surface area contributed by atoms with Gasteiger partial charge in [0.1, 0.15) is 11.6 Å². The fraction of sp³-hybridized carbons (Fsp3) is 0.105. The minimum Gasteiger partial charge on any atom is -0.377 e. The van der Waals surface area contributed by atoms with Gasteiger partial charge in [0.2, 0.25) is 0 Å². The fourth-order valence-electron chi connectivity index (χ4n) is 2.12. The van der Waals surface area contributed by atoms with Gasteiger partial charge in [-0.1, -0.05) is 11.6 Å². The summed E-state index contributed by atoms with van der Waals surface area (Å²) in [5.41, 5.74) is 1.60. The van der Waals surface area contributed by atoms with Gasteiger partial charge in [-0.15, -0.1) is 0 Å². The number of halogens is 1. The van der Waals surface area contributed by atoms with Crippen molar-refractivity contribution in [3.05, 3.63) is 71.0 Å². The zero-order valence-corrected chi connectivity index (χ0v) is 14.6. The van der Waals surface area contributed by atoms with Crippen LogP contribution in [-0.4, -0.2) is 25.7 Å². The molecule has 6 heteroatoms. The van der Waals surface area contributed by atoms with Crippen LogP contribution in [0.2, 0.25) is 5.02 Å². The Morgan fingerprint density at radius 3 is 2.28 bits per heavy atom. The van der Waals surface area contributed by atoms with Gasteiger partial charge in [-0.2, -0.15) is 9.83 Å². The first kappa shape index (κ1) is 18.2. The van der Waals surface area contributed by atoms with Crippen LogP contribution in [0.5, 0.6) is 0 Å². The number of pyridine rings is 1. The van der Waals surface area contributed by atoms with Crippen LogP contribution in [0, 0.1) is 16.7 Å². The number of allylic oxidation sites excluding steroid dienone is 3. The van der Waals surface area contributed by atoms with Crippen LogP contribution < -0.4 is 9.47 Å². The maximum atomic E-state index is 12.9. The molecule has 2 rings (SSSR count). The van der Waals surface area contributed by atoms with Crippen LogP contribution in [0.1, 0.15) is 10.4 Å². The lowest BCUT2D eigenvalue weighted by atomic mass is 10.1. The van der Waals surface area contributed by atoms with Gasteiger partial charge in [-0.25, -0.2) is 0 Å². The number of benzene rings is 1. The summed E-state index contributed by atoms with van der Waals surface area (Å²) in [5.74, 6) is 1.74. The highest BCUT2D eigenvalue weighted by atomic mass is 35.5. The lowest BCUT2D eigenvalue weighted by Crippen LogP contribution is -2.36. The Morgan fingerprint density at radius 1 is 1.20 bits per heavy atom. The van der Waals surface area contributed by atoms with E-state index in [2.05, 4.69) is 0 Å². The monoisotopic (exact) mass is 351 g/mol.